The van der Waals surface area contributed by atoms with E-state index < -0.39 is 47.0 Å². The minimum absolute atomic E-state index is 0.0197. The monoisotopic (exact) mass is 502 g/mol. The number of hydrogen-bond acceptors (Lipinski definition) is 3. The van der Waals surface area contributed by atoms with Crippen LogP contribution in [0.3, 0.4) is 0 Å². The molecular formula is C24H24F6N2O3. The maximum atomic E-state index is 13.3. The lowest BCUT2D eigenvalue weighted by molar-refractivity contribution is -0.143. The first-order valence-corrected chi connectivity index (χ1v) is 10.8. The molecule has 1 unspecified atom stereocenters. The van der Waals surface area contributed by atoms with Crippen LogP contribution in [0.4, 0.5) is 26.3 Å². The van der Waals surface area contributed by atoms with Crippen molar-refractivity contribution in [1.29, 1.82) is 0 Å². The summed E-state index contributed by atoms with van der Waals surface area (Å²) in [5.74, 6) is -2.05. The van der Waals surface area contributed by atoms with E-state index in [0.717, 1.165) is 16.7 Å². The topological polar surface area (TPSA) is 60.9 Å². The van der Waals surface area contributed by atoms with Crippen LogP contribution in [-0.2, 0) is 23.6 Å². The van der Waals surface area contributed by atoms with Crippen LogP contribution in [0, 0.1) is 13.8 Å². The second-order valence-corrected chi connectivity index (χ2v) is 8.70. The summed E-state index contributed by atoms with van der Waals surface area (Å²) in [4.78, 5) is 27.3. The molecule has 1 heterocycles. The number of aliphatic carboxylic acids is 1. The number of aryl methyl sites for hydroxylation is 2. The molecule has 0 saturated carbocycles. The molecule has 0 aromatic heterocycles. The van der Waals surface area contributed by atoms with Crippen molar-refractivity contribution in [3.8, 4) is 0 Å². The number of rotatable bonds is 5. The molecule has 1 saturated heterocycles. The highest BCUT2D eigenvalue weighted by Crippen LogP contribution is 2.37. The van der Waals surface area contributed by atoms with Gasteiger partial charge in [-0.05, 0) is 55.2 Å². The van der Waals surface area contributed by atoms with Crippen molar-refractivity contribution in [1.82, 2.24) is 9.80 Å². The molecule has 5 nitrogen and oxygen atoms in total. The Labute approximate surface area is 197 Å². The van der Waals surface area contributed by atoms with Gasteiger partial charge in [0.25, 0.3) is 5.91 Å². The largest absolute Gasteiger partial charge is 0.480 e. The minimum atomic E-state index is -5.07. The first-order chi connectivity index (χ1) is 16.1. The average molecular weight is 502 g/mol. The third kappa shape index (κ3) is 6.53. The SMILES string of the molecule is Cc1ccc(CC2CN(CC(=O)O)CCN2C(=O)c2cc(C(F)(F)F)cc(C(F)(F)F)c2)cc1C. The summed E-state index contributed by atoms with van der Waals surface area (Å²) in [6.07, 6.45) is -9.89. The number of alkyl halides is 6. The van der Waals surface area contributed by atoms with Gasteiger partial charge >= 0.3 is 18.3 Å². The van der Waals surface area contributed by atoms with Crippen LogP contribution in [0.2, 0.25) is 0 Å². The molecule has 0 bridgehead atoms. The van der Waals surface area contributed by atoms with Crippen molar-refractivity contribution in [2.24, 2.45) is 0 Å². The number of hydrogen-bond donors (Lipinski definition) is 1. The predicted molar refractivity (Wildman–Crippen MR) is 115 cm³/mol. The van der Waals surface area contributed by atoms with Gasteiger partial charge in [-0.3, -0.25) is 14.5 Å². The van der Waals surface area contributed by atoms with Crippen molar-refractivity contribution in [3.63, 3.8) is 0 Å². The molecule has 35 heavy (non-hydrogen) atoms. The smallest absolute Gasteiger partial charge is 0.416 e. The fraction of sp³-hybridized carbons (Fsp3) is 0.417. The average Bonchev–Trinajstić information content (AvgIpc) is 2.74. The van der Waals surface area contributed by atoms with E-state index in [9.17, 15) is 35.9 Å². The van der Waals surface area contributed by atoms with Gasteiger partial charge in [0.1, 0.15) is 0 Å². The van der Waals surface area contributed by atoms with Crippen molar-refractivity contribution in [3.05, 3.63) is 69.8 Å². The van der Waals surface area contributed by atoms with Gasteiger partial charge in [-0.15, -0.1) is 0 Å². The van der Waals surface area contributed by atoms with Crippen molar-refractivity contribution >= 4 is 11.9 Å². The maximum Gasteiger partial charge on any atom is 0.416 e. The van der Waals surface area contributed by atoms with Crippen LogP contribution in [0.5, 0.6) is 0 Å². The summed E-state index contributed by atoms with van der Waals surface area (Å²) in [5.41, 5.74) is -1.03. The van der Waals surface area contributed by atoms with Crippen molar-refractivity contribution in [2.75, 3.05) is 26.2 Å². The van der Waals surface area contributed by atoms with Crippen LogP contribution >= 0.6 is 0 Å². The molecule has 1 aliphatic rings. The number of carboxylic acid groups (broad SMARTS) is 1. The Morgan fingerprint density at radius 2 is 1.51 bits per heavy atom. The Hall–Kier alpha value is -3.08. The third-order valence-corrected chi connectivity index (χ3v) is 6.06. The summed E-state index contributed by atoms with van der Waals surface area (Å²) < 4.78 is 79.8. The van der Waals surface area contributed by atoms with Gasteiger partial charge in [-0.2, -0.15) is 26.3 Å². The lowest BCUT2D eigenvalue weighted by Gasteiger charge is -2.41. The summed E-state index contributed by atoms with van der Waals surface area (Å²) in [7, 11) is 0. The van der Waals surface area contributed by atoms with Crippen molar-refractivity contribution in [2.45, 2.75) is 38.7 Å². The van der Waals surface area contributed by atoms with Gasteiger partial charge in [-0.1, -0.05) is 18.2 Å². The van der Waals surface area contributed by atoms with Gasteiger partial charge in [0.15, 0.2) is 0 Å². The molecule has 1 aliphatic heterocycles. The van der Waals surface area contributed by atoms with Crippen LogP contribution in [0.25, 0.3) is 0 Å². The van der Waals surface area contributed by atoms with Crippen LogP contribution < -0.4 is 0 Å². The number of amides is 1. The molecule has 11 heteroatoms. The third-order valence-electron chi connectivity index (χ3n) is 6.06. The Kier molecular flexibility index (Phi) is 7.49. The number of carboxylic acids is 1. The van der Waals surface area contributed by atoms with E-state index in [-0.39, 0.29) is 38.7 Å². The Bertz CT molecular complexity index is 1080. The lowest BCUT2D eigenvalue weighted by Crippen LogP contribution is -2.56. The molecule has 0 spiro atoms. The molecular weight excluding hydrogens is 478 g/mol. The summed E-state index contributed by atoms with van der Waals surface area (Å²) in [5, 5.41) is 9.14. The normalized spacial score (nSPS) is 17.5. The lowest BCUT2D eigenvalue weighted by atomic mass is 9.97. The first-order valence-electron chi connectivity index (χ1n) is 10.8. The Morgan fingerprint density at radius 3 is 2.03 bits per heavy atom. The van der Waals surface area contributed by atoms with E-state index in [4.69, 9.17) is 5.11 Å². The molecule has 1 atom stereocenters. The molecule has 1 fully saturated rings. The Balaban J connectivity index is 1.98. The summed E-state index contributed by atoms with van der Waals surface area (Å²) >= 11 is 0. The van der Waals surface area contributed by atoms with Gasteiger partial charge < -0.3 is 10.0 Å². The minimum Gasteiger partial charge on any atom is -0.480 e. The number of nitrogens with zero attached hydrogens (tertiary/aromatic N) is 2. The number of benzene rings is 2. The highest BCUT2D eigenvalue weighted by Gasteiger charge is 2.39. The van der Waals surface area contributed by atoms with E-state index in [0.29, 0.717) is 12.1 Å². The quantitative estimate of drug-likeness (QED) is 0.598. The van der Waals surface area contributed by atoms with E-state index in [1.165, 1.54) is 4.90 Å². The van der Waals surface area contributed by atoms with E-state index in [1.807, 2.05) is 32.0 Å². The molecule has 1 N–H and O–H groups in total. The zero-order valence-electron chi connectivity index (χ0n) is 19.0. The van der Waals surface area contributed by atoms with Crippen molar-refractivity contribution < 1.29 is 41.0 Å². The molecule has 0 aliphatic carbocycles. The van der Waals surface area contributed by atoms with Crippen LogP contribution in [0.15, 0.2) is 36.4 Å². The summed E-state index contributed by atoms with van der Waals surface area (Å²) in [6.45, 7) is 3.69. The van der Waals surface area contributed by atoms with Gasteiger partial charge in [0.2, 0.25) is 0 Å². The van der Waals surface area contributed by atoms with Gasteiger partial charge in [-0.25, -0.2) is 0 Å². The fourth-order valence-electron chi connectivity index (χ4n) is 4.14. The zero-order chi connectivity index (χ0) is 26.1. The zero-order valence-corrected chi connectivity index (χ0v) is 19.0. The standard InChI is InChI=1S/C24H24F6N2O3/c1-14-3-4-16(7-15(14)2)8-20-12-31(13-21(33)34)5-6-32(20)22(35)17-9-18(23(25,26)27)11-19(10-17)24(28,29)30/h3-4,7,9-11,20H,5-6,8,12-13H2,1-2H3,(H,33,34). The molecule has 190 valence electrons. The first kappa shape index (κ1) is 26.5. The second kappa shape index (κ2) is 9.88. The van der Waals surface area contributed by atoms with Gasteiger partial charge in [0.05, 0.1) is 17.7 Å². The summed E-state index contributed by atoms with van der Waals surface area (Å²) in [6, 6.07) is 5.77. The number of piperazine rings is 1. The highest BCUT2D eigenvalue weighted by atomic mass is 19.4. The van der Waals surface area contributed by atoms with Crippen LogP contribution in [-0.4, -0.2) is 59.0 Å². The van der Waals surface area contributed by atoms with E-state index >= 15 is 0 Å². The molecule has 1 amide bonds. The molecule has 2 aromatic rings. The van der Waals surface area contributed by atoms with Crippen LogP contribution in [0.1, 0.15) is 38.2 Å². The molecule has 2 aromatic carbocycles. The maximum absolute atomic E-state index is 13.3. The Morgan fingerprint density at radius 1 is 0.914 bits per heavy atom. The highest BCUT2D eigenvalue weighted by molar-refractivity contribution is 5.95. The number of halogens is 6. The van der Waals surface area contributed by atoms with Gasteiger partial charge in [0, 0.05) is 31.2 Å². The molecule has 3 rings (SSSR count). The fourth-order valence-corrected chi connectivity index (χ4v) is 4.14. The second-order valence-electron chi connectivity index (χ2n) is 8.70. The predicted octanol–water partition coefficient (Wildman–Crippen LogP) is 4.79. The number of carbonyl (C=O) groups is 2. The van der Waals surface area contributed by atoms with E-state index in [1.54, 1.807) is 4.90 Å². The number of carbonyl (C=O) groups excluding carboxylic acids is 1. The molecule has 0 radical (unpaired) electrons. The van der Waals surface area contributed by atoms with E-state index in [2.05, 4.69) is 0 Å².